The molecule has 0 radical (unpaired) electrons. The third-order valence-electron chi connectivity index (χ3n) is 5.49. The summed E-state index contributed by atoms with van der Waals surface area (Å²) in [6.07, 6.45) is -4.79. The van der Waals surface area contributed by atoms with Crippen molar-refractivity contribution in [2.45, 2.75) is 25.9 Å². The molecule has 1 N–H and O–H groups in total. The van der Waals surface area contributed by atoms with Gasteiger partial charge in [0.05, 0.1) is 27.2 Å². The number of para-hydroxylation sites is 1. The summed E-state index contributed by atoms with van der Waals surface area (Å²) in [6.45, 7) is 3.70. The van der Waals surface area contributed by atoms with E-state index in [2.05, 4.69) is 5.10 Å². The molecule has 0 unspecified atom stereocenters. The minimum Gasteiger partial charge on any atom is -0.478 e. The Balaban J connectivity index is 1.95. The summed E-state index contributed by atoms with van der Waals surface area (Å²) < 4.78 is 41.8. The first-order valence-corrected chi connectivity index (χ1v) is 10.6. The molecule has 4 rings (SSSR count). The van der Waals surface area contributed by atoms with Crippen LogP contribution in [-0.4, -0.2) is 26.8 Å². The van der Waals surface area contributed by atoms with Crippen LogP contribution in [0.15, 0.2) is 60.7 Å². The fraction of sp³-hybridized carbons (Fsp3) is 0.160. The van der Waals surface area contributed by atoms with E-state index in [4.69, 9.17) is 11.6 Å². The zero-order chi connectivity index (χ0) is 24.8. The number of benzene rings is 3. The van der Waals surface area contributed by atoms with Crippen molar-refractivity contribution in [3.63, 3.8) is 0 Å². The molecule has 0 atom stereocenters. The van der Waals surface area contributed by atoms with Crippen molar-refractivity contribution >= 4 is 34.4 Å². The highest BCUT2D eigenvalue weighted by Crippen LogP contribution is 2.37. The summed E-state index contributed by atoms with van der Waals surface area (Å²) in [5, 5.41) is 14.1. The van der Waals surface area contributed by atoms with E-state index in [1.807, 2.05) is 13.8 Å². The van der Waals surface area contributed by atoms with Gasteiger partial charge in [0, 0.05) is 10.9 Å². The molecule has 0 fully saturated rings. The van der Waals surface area contributed by atoms with Crippen molar-refractivity contribution in [1.29, 1.82) is 0 Å². The normalized spacial score (nSPS) is 11.9. The molecule has 34 heavy (non-hydrogen) atoms. The van der Waals surface area contributed by atoms with E-state index in [1.54, 1.807) is 36.4 Å². The number of carboxylic acids is 1. The van der Waals surface area contributed by atoms with Gasteiger partial charge in [-0.25, -0.2) is 4.79 Å². The molecule has 0 aliphatic heterocycles. The Morgan fingerprint density at radius 1 is 1.03 bits per heavy atom. The van der Waals surface area contributed by atoms with E-state index in [9.17, 15) is 27.9 Å². The van der Waals surface area contributed by atoms with E-state index in [0.717, 1.165) is 16.8 Å². The molecule has 0 aliphatic rings. The maximum atomic E-state index is 13.6. The van der Waals surface area contributed by atoms with Crippen LogP contribution in [0.25, 0.3) is 22.2 Å². The maximum Gasteiger partial charge on any atom is 0.417 e. The number of nitrogens with zero attached hydrogens (tertiary/aromatic N) is 2. The third kappa shape index (κ3) is 4.05. The molecule has 5 nitrogen and oxygen atoms in total. The van der Waals surface area contributed by atoms with Crippen LogP contribution in [0.4, 0.5) is 13.2 Å². The fourth-order valence-electron chi connectivity index (χ4n) is 3.90. The van der Waals surface area contributed by atoms with Gasteiger partial charge in [0.1, 0.15) is 5.69 Å². The van der Waals surface area contributed by atoms with E-state index >= 15 is 0 Å². The molecule has 174 valence electrons. The second kappa shape index (κ2) is 8.61. The predicted molar refractivity (Wildman–Crippen MR) is 122 cm³/mol. The fourth-order valence-corrected chi connectivity index (χ4v) is 4.16. The number of aromatic carboxylic acids is 1. The lowest BCUT2D eigenvalue weighted by molar-refractivity contribution is -0.137. The SMILES string of the molecule is CC(C)c1cc(-c2nn(C(=O)c3c(Cl)cccc3C(F)(F)F)c3ccccc23)ccc1C(=O)O. The largest absolute Gasteiger partial charge is 0.478 e. The lowest BCUT2D eigenvalue weighted by Gasteiger charge is -2.13. The Labute approximate surface area is 197 Å². The van der Waals surface area contributed by atoms with E-state index in [-0.39, 0.29) is 16.5 Å². The highest BCUT2D eigenvalue weighted by molar-refractivity contribution is 6.34. The van der Waals surface area contributed by atoms with Crippen molar-refractivity contribution in [3.05, 3.63) is 87.9 Å². The van der Waals surface area contributed by atoms with Crippen LogP contribution in [0.5, 0.6) is 0 Å². The van der Waals surface area contributed by atoms with Gasteiger partial charge < -0.3 is 5.11 Å². The van der Waals surface area contributed by atoms with Gasteiger partial charge in [0.15, 0.2) is 0 Å². The monoisotopic (exact) mass is 486 g/mol. The molecule has 0 amide bonds. The first-order chi connectivity index (χ1) is 16.0. The predicted octanol–water partition coefficient (Wildman–Crippen LogP) is 6.89. The zero-order valence-corrected chi connectivity index (χ0v) is 18.8. The summed E-state index contributed by atoms with van der Waals surface area (Å²) >= 11 is 6.04. The van der Waals surface area contributed by atoms with Gasteiger partial charge in [0.2, 0.25) is 0 Å². The van der Waals surface area contributed by atoms with Gasteiger partial charge in [-0.05, 0) is 41.8 Å². The van der Waals surface area contributed by atoms with E-state index in [1.165, 1.54) is 12.1 Å². The lowest BCUT2D eigenvalue weighted by Crippen LogP contribution is -2.20. The number of fused-ring (bicyclic) bond motifs is 1. The summed E-state index contributed by atoms with van der Waals surface area (Å²) in [6, 6.07) is 14.5. The molecule has 4 aromatic rings. The number of alkyl halides is 3. The van der Waals surface area contributed by atoms with Crippen LogP contribution in [0.3, 0.4) is 0 Å². The number of carboxylic acid groups (broad SMARTS) is 1. The van der Waals surface area contributed by atoms with Crippen molar-refractivity contribution in [3.8, 4) is 11.3 Å². The highest BCUT2D eigenvalue weighted by Gasteiger charge is 2.37. The number of rotatable bonds is 4. The summed E-state index contributed by atoms with van der Waals surface area (Å²) in [5.41, 5.74) is 0.0310. The van der Waals surface area contributed by atoms with Gasteiger partial charge in [-0.2, -0.15) is 23.0 Å². The first kappa shape index (κ1) is 23.5. The molecule has 0 spiro atoms. The third-order valence-corrected chi connectivity index (χ3v) is 5.80. The number of halogens is 4. The molecule has 1 aromatic heterocycles. The number of carbonyl (C=O) groups excluding carboxylic acids is 1. The summed E-state index contributed by atoms with van der Waals surface area (Å²) in [5.74, 6) is -2.20. The minimum absolute atomic E-state index is 0.112. The highest BCUT2D eigenvalue weighted by atomic mass is 35.5. The van der Waals surface area contributed by atoms with Crippen LogP contribution < -0.4 is 0 Å². The average Bonchev–Trinajstić information content (AvgIpc) is 3.17. The van der Waals surface area contributed by atoms with Gasteiger partial charge in [-0.15, -0.1) is 0 Å². The van der Waals surface area contributed by atoms with Gasteiger partial charge in [0.25, 0.3) is 5.91 Å². The van der Waals surface area contributed by atoms with Crippen LogP contribution in [0, 0.1) is 0 Å². The summed E-state index contributed by atoms with van der Waals surface area (Å²) in [7, 11) is 0. The van der Waals surface area contributed by atoms with Gasteiger partial charge >= 0.3 is 12.1 Å². The van der Waals surface area contributed by atoms with Crippen molar-refractivity contribution in [1.82, 2.24) is 9.78 Å². The van der Waals surface area contributed by atoms with E-state index < -0.39 is 29.2 Å². The number of hydrogen-bond acceptors (Lipinski definition) is 3. The van der Waals surface area contributed by atoms with Crippen molar-refractivity contribution < 1.29 is 27.9 Å². The van der Waals surface area contributed by atoms with Crippen LogP contribution in [0.1, 0.15) is 51.6 Å². The second-order valence-corrected chi connectivity index (χ2v) is 8.41. The topological polar surface area (TPSA) is 72.2 Å². The minimum atomic E-state index is -4.79. The van der Waals surface area contributed by atoms with E-state index in [0.29, 0.717) is 27.7 Å². The molecule has 0 saturated carbocycles. The molecule has 0 saturated heterocycles. The molecule has 0 bridgehead atoms. The molecular weight excluding hydrogens is 469 g/mol. The zero-order valence-electron chi connectivity index (χ0n) is 18.0. The number of carbonyl (C=O) groups is 2. The molecular formula is C25H18ClF3N2O3. The summed E-state index contributed by atoms with van der Waals surface area (Å²) in [4.78, 5) is 25.0. The number of aromatic nitrogens is 2. The van der Waals surface area contributed by atoms with Gasteiger partial charge in [-0.3, -0.25) is 4.79 Å². The molecule has 1 heterocycles. The lowest BCUT2D eigenvalue weighted by atomic mass is 9.93. The maximum absolute atomic E-state index is 13.6. The quantitative estimate of drug-likeness (QED) is 0.341. The van der Waals surface area contributed by atoms with Crippen molar-refractivity contribution in [2.24, 2.45) is 0 Å². The van der Waals surface area contributed by atoms with Crippen molar-refractivity contribution in [2.75, 3.05) is 0 Å². The molecule has 3 aromatic carbocycles. The second-order valence-electron chi connectivity index (χ2n) is 8.00. The van der Waals surface area contributed by atoms with Crippen LogP contribution in [0.2, 0.25) is 5.02 Å². The molecule has 0 aliphatic carbocycles. The molecule has 9 heteroatoms. The van der Waals surface area contributed by atoms with Crippen LogP contribution in [-0.2, 0) is 6.18 Å². The average molecular weight is 487 g/mol. The number of hydrogen-bond donors (Lipinski definition) is 1. The van der Waals surface area contributed by atoms with Gasteiger partial charge in [-0.1, -0.05) is 55.8 Å². The van der Waals surface area contributed by atoms with Crippen LogP contribution >= 0.6 is 11.6 Å². The Bertz CT molecular complexity index is 1440. The first-order valence-electron chi connectivity index (χ1n) is 10.3. The Morgan fingerprint density at radius 2 is 1.74 bits per heavy atom. The standard InChI is InChI=1S/C25H18ClF3N2O3/c1-13(2)17-12-14(10-11-15(17)24(33)34)22-16-6-3-4-9-20(16)31(30-22)23(32)21-18(25(27,28)29)7-5-8-19(21)26/h3-13H,1-2H3,(H,33,34). The smallest absolute Gasteiger partial charge is 0.417 e. The Morgan fingerprint density at radius 3 is 2.38 bits per heavy atom. The Kier molecular flexibility index (Phi) is 5.95. The Hall–Kier alpha value is -3.65.